The van der Waals surface area contributed by atoms with Crippen molar-refractivity contribution >= 4 is 11.9 Å². The van der Waals surface area contributed by atoms with Crippen LogP contribution in [0.25, 0.3) is 0 Å². The Morgan fingerprint density at radius 2 is 2.29 bits per heavy atom. The van der Waals surface area contributed by atoms with Gasteiger partial charge in [-0.15, -0.1) is 0 Å². The fourth-order valence-corrected chi connectivity index (χ4v) is 1.65. The Balaban J connectivity index is 2.24. The summed E-state index contributed by atoms with van der Waals surface area (Å²) >= 11 is 0. The predicted octanol–water partition coefficient (Wildman–Crippen LogP) is 0.903. The van der Waals surface area contributed by atoms with E-state index in [1.165, 1.54) is 0 Å². The summed E-state index contributed by atoms with van der Waals surface area (Å²) in [5.74, 6) is 0.340. The van der Waals surface area contributed by atoms with E-state index < -0.39 is 5.97 Å². The number of hydrogen-bond acceptors (Lipinski definition) is 5. The maximum Gasteiger partial charge on any atom is 0.303 e. The first-order valence-corrected chi connectivity index (χ1v) is 5.81. The van der Waals surface area contributed by atoms with Gasteiger partial charge in [-0.05, 0) is 29.2 Å². The van der Waals surface area contributed by atoms with E-state index in [0.29, 0.717) is 11.9 Å². The molecule has 0 aromatic carbocycles. The second-order valence-electron chi connectivity index (χ2n) is 4.05. The summed E-state index contributed by atoms with van der Waals surface area (Å²) in [6, 6.07) is 0. The zero-order valence-corrected chi connectivity index (χ0v) is 10.3. The molecular weight excluding hydrogens is 222 g/mol. The van der Waals surface area contributed by atoms with Crippen molar-refractivity contribution < 1.29 is 9.90 Å². The van der Waals surface area contributed by atoms with Gasteiger partial charge in [-0.3, -0.25) is 4.79 Å². The Labute approximate surface area is 100 Å². The van der Waals surface area contributed by atoms with E-state index in [2.05, 4.69) is 27.8 Å². The lowest BCUT2D eigenvalue weighted by molar-refractivity contribution is -0.137. The molecule has 0 amide bonds. The van der Waals surface area contributed by atoms with Crippen LogP contribution in [0.2, 0.25) is 0 Å². The van der Waals surface area contributed by atoms with Gasteiger partial charge in [-0.2, -0.15) is 0 Å². The molecule has 0 bridgehead atoms. The number of nitrogens with one attached hydrogen (secondary N) is 1. The molecule has 0 saturated heterocycles. The number of carboxylic acid groups (broad SMARTS) is 1. The van der Waals surface area contributed by atoms with E-state index in [1.807, 2.05) is 0 Å². The Hall–Kier alpha value is -1.66. The van der Waals surface area contributed by atoms with Crippen LogP contribution in [0.1, 0.15) is 32.6 Å². The maximum atomic E-state index is 10.5. The van der Waals surface area contributed by atoms with Crippen LogP contribution in [0, 0.1) is 5.92 Å². The van der Waals surface area contributed by atoms with Crippen molar-refractivity contribution in [2.45, 2.75) is 32.6 Å². The average molecular weight is 241 g/mol. The smallest absolute Gasteiger partial charge is 0.303 e. The first-order valence-electron chi connectivity index (χ1n) is 5.81. The van der Waals surface area contributed by atoms with Crippen LogP contribution in [0.3, 0.4) is 0 Å². The number of tetrazole rings is 1. The summed E-state index contributed by atoms with van der Waals surface area (Å²) in [6.07, 6.45) is 2.89. The lowest BCUT2D eigenvalue weighted by atomic mass is 9.97. The molecule has 0 saturated carbocycles. The Kier molecular flexibility index (Phi) is 5.38. The lowest BCUT2D eigenvalue weighted by Crippen LogP contribution is -2.12. The van der Waals surface area contributed by atoms with E-state index >= 15 is 0 Å². The van der Waals surface area contributed by atoms with E-state index in [1.54, 1.807) is 11.7 Å². The molecule has 7 heteroatoms. The molecule has 1 rings (SSSR count). The zero-order chi connectivity index (χ0) is 12.7. The molecule has 2 N–H and O–H groups in total. The summed E-state index contributed by atoms with van der Waals surface area (Å²) in [5.41, 5.74) is 0. The quantitative estimate of drug-likeness (QED) is 0.702. The van der Waals surface area contributed by atoms with Crippen molar-refractivity contribution in [1.29, 1.82) is 0 Å². The number of nitrogens with zero attached hydrogens (tertiary/aromatic N) is 4. The van der Waals surface area contributed by atoms with Gasteiger partial charge < -0.3 is 10.4 Å². The number of hydrogen-bond donors (Lipinski definition) is 2. The second-order valence-corrected chi connectivity index (χ2v) is 4.05. The molecule has 0 aliphatic heterocycles. The van der Waals surface area contributed by atoms with Crippen LogP contribution < -0.4 is 5.32 Å². The molecule has 96 valence electrons. The summed E-state index contributed by atoms with van der Waals surface area (Å²) in [4.78, 5) is 10.5. The topological polar surface area (TPSA) is 92.9 Å². The number of aryl methyl sites for hydroxylation is 1. The van der Waals surface area contributed by atoms with Crippen LogP contribution >= 0.6 is 0 Å². The van der Waals surface area contributed by atoms with Crippen molar-refractivity contribution in [2.75, 3.05) is 11.9 Å². The first-order chi connectivity index (χ1) is 8.13. The predicted molar refractivity (Wildman–Crippen MR) is 62.6 cm³/mol. The zero-order valence-electron chi connectivity index (χ0n) is 10.3. The number of rotatable bonds is 8. The minimum absolute atomic E-state index is 0.240. The third kappa shape index (κ3) is 4.80. The van der Waals surface area contributed by atoms with Crippen molar-refractivity contribution in [1.82, 2.24) is 20.2 Å². The van der Waals surface area contributed by atoms with Gasteiger partial charge in [0.25, 0.3) is 0 Å². The van der Waals surface area contributed by atoms with Crippen LogP contribution in [0.15, 0.2) is 0 Å². The number of aromatic nitrogens is 4. The molecule has 0 fully saturated rings. The van der Waals surface area contributed by atoms with Crippen LogP contribution in [0.4, 0.5) is 5.95 Å². The molecule has 7 nitrogen and oxygen atoms in total. The highest BCUT2D eigenvalue weighted by Crippen LogP contribution is 2.15. The molecule has 1 aromatic rings. The molecule has 1 unspecified atom stereocenters. The van der Waals surface area contributed by atoms with Gasteiger partial charge in [-0.1, -0.05) is 18.4 Å². The van der Waals surface area contributed by atoms with Gasteiger partial charge in [0.05, 0.1) is 0 Å². The summed E-state index contributed by atoms with van der Waals surface area (Å²) in [7, 11) is 1.77. The van der Waals surface area contributed by atoms with Gasteiger partial charge in [0, 0.05) is 20.0 Å². The number of carbonyl (C=O) groups is 1. The van der Waals surface area contributed by atoms with Gasteiger partial charge in [-0.25, -0.2) is 4.68 Å². The SMILES string of the molecule is CCC(CCNc1nnnn1C)CCC(=O)O. The van der Waals surface area contributed by atoms with Crippen molar-refractivity contribution in [2.24, 2.45) is 13.0 Å². The fraction of sp³-hybridized carbons (Fsp3) is 0.800. The molecule has 1 heterocycles. The molecule has 0 aliphatic rings. The minimum Gasteiger partial charge on any atom is -0.481 e. The normalized spacial score (nSPS) is 12.4. The number of anilines is 1. The van der Waals surface area contributed by atoms with E-state index in [-0.39, 0.29) is 6.42 Å². The third-order valence-electron chi connectivity index (χ3n) is 2.80. The Morgan fingerprint density at radius 3 is 2.82 bits per heavy atom. The molecule has 1 aromatic heterocycles. The molecule has 0 aliphatic carbocycles. The molecule has 17 heavy (non-hydrogen) atoms. The summed E-state index contributed by atoms with van der Waals surface area (Å²) in [5, 5.41) is 22.8. The highest BCUT2D eigenvalue weighted by Gasteiger charge is 2.09. The summed E-state index contributed by atoms with van der Waals surface area (Å²) < 4.78 is 1.57. The fourth-order valence-electron chi connectivity index (χ4n) is 1.65. The Bertz CT molecular complexity index is 352. The van der Waals surface area contributed by atoms with Crippen molar-refractivity contribution in [3.8, 4) is 0 Å². The summed E-state index contributed by atoms with van der Waals surface area (Å²) in [6.45, 7) is 2.84. The van der Waals surface area contributed by atoms with Gasteiger partial charge >= 0.3 is 5.97 Å². The minimum atomic E-state index is -0.728. The van der Waals surface area contributed by atoms with E-state index in [0.717, 1.165) is 25.8 Å². The van der Waals surface area contributed by atoms with Crippen LogP contribution in [0.5, 0.6) is 0 Å². The average Bonchev–Trinajstić information content (AvgIpc) is 2.69. The van der Waals surface area contributed by atoms with E-state index in [4.69, 9.17) is 5.11 Å². The lowest BCUT2D eigenvalue weighted by Gasteiger charge is -2.13. The van der Waals surface area contributed by atoms with Crippen LogP contribution in [-0.4, -0.2) is 37.8 Å². The van der Waals surface area contributed by atoms with Gasteiger partial charge in [0.1, 0.15) is 0 Å². The standard InChI is InChI=1S/C10H19N5O2/c1-3-8(4-5-9(16)17)6-7-11-10-12-13-14-15(10)2/h8H,3-7H2,1-2H3,(H,16,17)(H,11,12,14). The first kappa shape index (κ1) is 13.4. The Morgan fingerprint density at radius 1 is 1.53 bits per heavy atom. The van der Waals surface area contributed by atoms with E-state index in [9.17, 15) is 4.79 Å². The maximum absolute atomic E-state index is 10.5. The second kappa shape index (κ2) is 6.82. The van der Waals surface area contributed by atoms with Crippen molar-refractivity contribution in [3.05, 3.63) is 0 Å². The van der Waals surface area contributed by atoms with Gasteiger partial charge in [0.2, 0.25) is 5.95 Å². The highest BCUT2D eigenvalue weighted by atomic mass is 16.4. The molecule has 0 spiro atoms. The van der Waals surface area contributed by atoms with Crippen LogP contribution in [-0.2, 0) is 11.8 Å². The molecule has 1 atom stereocenters. The number of carboxylic acids is 1. The largest absolute Gasteiger partial charge is 0.481 e. The van der Waals surface area contributed by atoms with Gasteiger partial charge in [0.15, 0.2) is 0 Å². The monoisotopic (exact) mass is 241 g/mol. The third-order valence-corrected chi connectivity index (χ3v) is 2.80. The molecule has 0 radical (unpaired) electrons. The van der Waals surface area contributed by atoms with Crippen molar-refractivity contribution in [3.63, 3.8) is 0 Å². The number of aliphatic carboxylic acids is 1. The highest BCUT2D eigenvalue weighted by molar-refractivity contribution is 5.66. The molecular formula is C10H19N5O2.